The van der Waals surface area contributed by atoms with Gasteiger partial charge in [0.25, 0.3) is 0 Å². The Labute approximate surface area is 113 Å². The zero-order chi connectivity index (χ0) is 12.4. The van der Waals surface area contributed by atoms with Crippen LogP contribution in [0.15, 0.2) is 24.3 Å². The summed E-state index contributed by atoms with van der Waals surface area (Å²) in [5.41, 5.74) is 2.75. The van der Waals surface area contributed by atoms with Crippen molar-refractivity contribution < 1.29 is 4.79 Å². The molecule has 2 aliphatic heterocycles. The third-order valence-electron chi connectivity index (χ3n) is 3.95. The summed E-state index contributed by atoms with van der Waals surface area (Å²) in [5.74, 6) is 2.91. The fourth-order valence-corrected chi connectivity index (χ4v) is 4.01. The quantitative estimate of drug-likeness (QED) is 0.774. The summed E-state index contributed by atoms with van der Waals surface area (Å²) in [6, 6.07) is 8.51. The predicted octanol–water partition coefficient (Wildman–Crippen LogP) is 2.71. The third-order valence-corrected chi connectivity index (χ3v) is 5.17. The second-order valence-electron chi connectivity index (χ2n) is 5.19. The van der Waals surface area contributed by atoms with Crippen molar-refractivity contribution in [3.8, 4) is 0 Å². The highest BCUT2D eigenvalue weighted by Crippen LogP contribution is 2.26. The van der Waals surface area contributed by atoms with Crippen molar-refractivity contribution in [3.63, 3.8) is 0 Å². The van der Waals surface area contributed by atoms with Crippen LogP contribution in [0.3, 0.4) is 0 Å². The molecule has 18 heavy (non-hydrogen) atoms. The molecule has 1 fully saturated rings. The van der Waals surface area contributed by atoms with Gasteiger partial charge in [-0.3, -0.25) is 4.79 Å². The van der Waals surface area contributed by atoms with Gasteiger partial charge in [-0.05, 0) is 36.1 Å². The number of thioether (sulfide) groups is 1. The number of amides is 1. The van der Waals surface area contributed by atoms with E-state index in [2.05, 4.69) is 29.2 Å². The standard InChI is InChI=1S/C15H19NOS/c17-15(14-6-3-9-18-11-14)16-8-7-12-4-1-2-5-13(12)10-16/h1-2,4-5,14H,3,6-11H2. The van der Waals surface area contributed by atoms with E-state index in [1.165, 1.54) is 23.3 Å². The van der Waals surface area contributed by atoms with Gasteiger partial charge < -0.3 is 4.90 Å². The monoisotopic (exact) mass is 261 g/mol. The van der Waals surface area contributed by atoms with Gasteiger partial charge in [0.2, 0.25) is 5.91 Å². The van der Waals surface area contributed by atoms with Gasteiger partial charge >= 0.3 is 0 Å². The molecule has 1 amide bonds. The molecule has 1 aromatic carbocycles. The molecule has 0 saturated carbocycles. The van der Waals surface area contributed by atoms with E-state index in [-0.39, 0.29) is 5.92 Å². The maximum Gasteiger partial charge on any atom is 0.226 e. The van der Waals surface area contributed by atoms with Crippen molar-refractivity contribution in [2.24, 2.45) is 5.92 Å². The first kappa shape index (κ1) is 12.1. The molecule has 1 aromatic rings. The fourth-order valence-electron chi connectivity index (χ4n) is 2.88. The molecule has 1 atom stereocenters. The first-order valence-corrected chi connectivity index (χ1v) is 7.93. The van der Waals surface area contributed by atoms with Crippen LogP contribution >= 0.6 is 11.8 Å². The average Bonchev–Trinajstić information content (AvgIpc) is 2.47. The van der Waals surface area contributed by atoms with E-state index in [1.807, 2.05) is 11.8 Å². The summed E-state index contributed by atoms with van der Waals surface area (Å²) >= 11 is 1.93. The van der Waals surface area contributed by atoms with Gasteiger partial charge in [-0.1, -0.05) is 24.3 Å². The molecule has 0 aliphatic carbocycles. The van der Waals surface area contributed by atoms with E-state index >= 15 is 0 Å². The number of carbonyl (C=O) groups excluding carboxylic acids is 1. The van der Waals surface area contributed by atoms with Crippen LogP contribution < -0.4 is 0 Å². The van der Waals surface area contributed by atoms with E-state index in [1.54, 1.807) is 0 Å². The first-order chi connectivity index (χ1) is 8.84. The lowest BCUT2D eigenvalue weighted by atomic mass is 9.97. The highest BCUT2D eigenvalue weighted by molar-refractivity contribution is 7.99. The van der Waals surface area contributed by atoms with Crippen LogP contribution in [0.25, 0.3) is 0 Å². The minimum Gasteiger partial charge on any atom is -0.338 e. The third kappa shape index (κ3) is 2.41. The fraction of sp³-hybridized carbons (Fsp3) is 0.533. The van der Waals surface area contributed by atoms with Crippen molar-refractivity contribution in [1.29, 1.82) is 0 Å². The summed E-state index contributed by atoms with van der Waals surface area (Å²) in [6.07, 6.45) is 3.30. The molecular weight excluding hydrogens is 242 g/mol. The van der Waals surface area contributed by atoms with Crippen molar-refractivity contribution >= 4 is 17.7 Å². The lowest BCUT2D eigenvalue weighted by Crippen LogP contribution is -2.41. The normalized spacial score (nSPS) is 23.6. The summed E-state index contributed by atoms with van der Waals surface area (Å²) in [6.45, 7) is 1.72. The Kier molecular flexibility index (Phi) is 3.59. The molecule has 2 aliphatic rings. The summed E-state index contributed by atoms with van der Waals surface area (Å²) in [5, 5.41) is 0. The van der Waals surface area contributed by atoms with Crippen LogP contribution in [-0.4, -0.2) is 28.9 Å². The number of nitrogens with zero attached hydrogens (tertiary/aromatic N) is 1. The van der Waals surface area contributed by atoms with Gasteiger partial charge in [0.1, 0.15) is 0 Å². The molecule has 0 spiro atoms. The molecule has 2 heterocycles. The minimum atomic E-state index is 0.272. The minimum absolute atomic E-state index is 0.272. The Morgan fingerprint density at radius 1 is 1.28 bits per heavy atom. The van der Waals surface area contributed by atoms with Gasteiger partial charge in [0, 0.05) is 24.8 Å². The maximum atomic E-state index is 12.5. The highest BCUT2D eigenvalue weighted by atomic mass is 32.2. The molecule has 3 rings (SSSR count). The van der Waals surface area contributed by atoms with Crippen LogP contribution in [-0.2, 0) is 17.8 Å². The number of rotatable bonds is 1. The van der Waals surface area contributed by atoms with Crippen molar-refractivity contribution in [2.45, 2.75) is 25.8 Å². The van der Waals surface area contributed by atoms with Gasteiger partial charge in [-0.25, -0.2) is 0 Å². The van der Waals surface area contributed by atoms with E-state index in [0.29, 0.717) is 5.91 Å². The zero-order valence-corrected chi connectivity index (χ0v) is 11.4. The Morgan fingerprint density at radius 2 is 2.11 bits per heavy atom. The molecule has 2 nitrogen and oxygen atoms in total. The molecular formula is C15H19NOS. The molecule has 0 aromatic heterocycles. The van der Waals surface area contributed by atoms with E-state index in [0.717, 1.165) is 31.7 Å². The van der Waals surface area contributed by atoms with Crippen molar-refractivity contribution in [2.75, 3.05) is 18.1 Å². The van der Waals surface area contributed by atoms with Gasteiger partial charge in [0.05, 0.1) is 0 Å². The smallest absolute Gasteiger partial charge is 0.226 e. The number of hydrogen-bond acceptors (Lipinski definition) is 2. The second kappa shape index (κ2) is 5.35. The molecule has 1 unspecified atom stereocenters. The molecule has 96 valence electrons. The topological polar surface area (TPSA) is 20.3 Å². The van der Waals surface area contributed by atoms with E-state index in [9.17, 15) is 4.79 Å². The molecule has 0 bridgehead atoms. The van der Waals surface area contributed by atoms with Crippen molar-refractivity contribution in [1.82, 2.24) is 4.90 Å². The SMILES string of the molecule is O=C(C1CCCSC1)N1CCc2ccccc2C1. The average molecular weight is 261 g/mol. The van der Waals surface area contributed by atoms with E-state index in [4.69, 9.17) is 0 Å². The second-order valence-corrected chi connectivity index (χ2v) is 6.34. The number of benzene rings is 1. The predicted molar refractivity (Wildman–Crippen MR) is 75.6 cm³/mol. The lowest BCUT2D eigenvalue weighted by Gasteiger charge is -2.33. The van der Waals surface area contributed by atoms with Gasteiger partial charge in [-0.15, -0.1) is 0 Å². The maximum absolute atomic E-state index is 12.5. The van der Waals surface area contributed by atoms with Crippen LogP contribution in [0.2, 0.25) is 0 Å². The molecule has 0 radical (unpaired) electrons. The highest BCUT2D eigenvalue weighted by Gasteiger charge is 2.28. The molecule has 1 saturated heterocycles. The summed E-state index contributed by atoms with van der Waals surface area (Å²) in [4.78, 5) is 14.5. The molecule has 0 N–H and O–H groups in total. The number of fused-ring (bicyclic) bond motifs is 1. The Bertz CT molecular complexity index is 440. The first-order valence-electron chi connectivity index (χ1n) is 6.78. The van der Waals surface area contributed by atoms with Crippen molar-refractivity contribution in [3.05, 3.63) is 35.4 Å². The Hall–Kier alpha value is -0.960. The molecule has 3 heteroatoms. The van der Waals surface area contributed by atoms with Crippen LogP contribution in [0.4, 0.5) is 0 Å². The zero-order valence-electron chi connectivity index (χ0n) is 10.6. The van der Waals surface area contributed by atoms with Gasteiger partial charge in [-0.2, -0.15) is 11.8 Å². The van der Waals surface area contributed by atoms with Crippen LogP contribution in [0.1, 0.15) is 24.0 Å². The number of carbonyl (C=O) groups is 1. The summed E-state index contributed by atoms with van der Waals surface area (Å²) < 4.78 is 0. The number of hydrogen-bond donors (Lipinski definition) is 0. The van der Waals surface area contributed by atoms with Crippen LogP contribution in [0, 0.1) is 5.92 Å². The Morgan fingerprint density at radius 3 is 2.89 bits per heavy atom. The lowest BCUT2D eigenvalue weighted by molar-refractivity contribution is -0.136. The summed E-state index contributed by atoms with van der Waals surface area (Å²) in [7, 11) is 0. The van der Waals surface area contributed by atoms with Crippen LogP contribution in [0.5, 0.6) is 0 Å². The Balaban J connectivity index is 1.69. The van der Waals surface area contributed by atoms with Gasteiger partial charge in [0.15, 0.2) is 0 Å². The van der Waals surface area contributed by atoms with E-state index < -0.39 is 0 Å². The largest absolute Gasteiger partial charge is 0.338 e.